The highest BCUT2D eigenvalue weighted by atomic mass is 16.1. The summed E-state index contributed by atoms with van der Waals surface area (Å²) >= 11 is 0. The molecule has 0 saturated heterocycles. The van der Waals surface area contributed by atoms with Gasteiger partial charge in [-0.1, -0.05) is 19.8 Å². The van der Waals surface area contributed by atoms with E-state index in [1.807, 2.05) is 0 Å². The van der Waals surface area contributed by atoms with Crippen LogP contribution in [0.25, 0.3) is 0 Å². The molecule has 0 aliphatic carbocycles. The Morgan fingerprint density at radius 3 is 2.67 bits per heavy atom. The van der Waals surface area contributed by atoms with Gasteiger partial charge >= 0.3 is 0 Å². The molecule has 1 amide bonds. The molecule has 0 spiro atoms. The first-order valence-corrected chi connectivity index (χ1v) is 5.88. The van der Waals surface area contributed by atoms with Gasteiger partial charge < -0.3 is 5.32 Å². The molecular weight excluding hydrogens is 186 g/mol. The fourth-order valence-corrected chi connectivity index (χ4v) is 1.70. The molecule has 15 heavy (non-hydrogen) atoms. The summed E-state index contributed by atoms with van der Waals surface area (Å²) in [6.45, 7) is 4.57. The predicted octanol–water partition coefficient (Wildman–Crippen LogP) is 2.73. The third-order valence-electron chi connectivity index (χ3n) is 2.52. The van der Waals surface area contributed by atoms with Crippen LogP contribution in [0.15, 0.2) is 0 Å². The fraction of sp³-hybridized carbons (Fsp3) is 0.769. The van der Waals surface area contributed by atoms with Gasteiger partial charge in [-0.25, -0.2) is 0 Å². The highest BCUT2D eigenvalue weighted by Gasteiger charge is 2.07. The lowest BCUT2D eigenvalue weighted by Crippen LogP contribution is -2.27. The van der Waals surface area contributed by atoms with Crippen molar-refractivity contribution in [2.75, 3.05) is 6.54 Å². The summed E-state index contributed by atoms with van der Waals surface area (Å²) in [4.78, 5) is 10.8. The Morgan fingerprint density at radius 2 is 2.13 bits per heavy atom. The molecule has 86 valence electrons. The third-order valence-corrected chi connectivity index (χ3v) is 2.52. The summed E-state index contributed by atoms with van der Waals surface area (Å²) in [6, 6.07) is 0. The maximum Gasteiger partial charge on any atom is 0.216 e. The zero-order valence-electron chi connectivity index (χ0n) is 10.0. The van der Waals surface area contributed by atoms with E-state index in [2.05, 4.69) is 18.2 Å². The monoisotopic (exact) mass is 209 g/mol. The molecular formula is C13H23NO. The van der Waals surface area contributed by atoms with Gasteiger partial charge in [0.2, 0.25) is 5.91 Å². The second-order valence-electron chi connectivity index (χ2n) is 4.04. The van der Waals surface area contributed by atoms with Crippen molar-refractivity contribution in [1.82, 2.24) is 5.32 Å². The number of amides is 1. The number of carbonyl (C=O) groups excluding carboxylic acids is 1. The van der Waals surface area contributed by atoms with Crippen LogP contribution in [0, 0.1) is 18.3 Å². The molecule has 1 atom stereocenters. The van der Waals surface area contributed by atoms with Gasteiger partial charge in [0.05, 0.1) is 0 Å². The molecule has 1 N–H and O–H groups in total. The third kappa shape index (κ3) is 9.34. The quantitative estimate of drug-likeness (QED) is 0.483. The lowest BCUT2D eigenvalue weighted by Gasteiger charge is -2.15. The fourth-order valence-electron chi connectivity index (χ4n) is 1.70. The van der Waals surface area contributed by atoms with E-state index in [1.165, 1.54) is 25.7 Å². The van der Waals surface area contributed by atoms with Crippen LogP contribution in [0.4, 0.5) is 0 Å². The number of terminal acetylenes is 1. The van der Waals surface area contributed by atoms with Gasteiger partial charge in [-0.05, 0) is 25.2 Å². The van der Waals surface area contributed by atoms with E-state index >= 15 is 0 Å². The van der Waals surface area contributed by atoms with Gasteiger partial charge in [0, 0.05) is 19.9 Å². The van der Waals surface area contributed by atoms with Crippen LogP contribution in [0.2, 0.25) is 0 Å². The number of nitrogens with one attached hydrogen (secondary N) is 1. The highest BCUT2D eigenvalue weighted by molar-refractivity contribution is 5.72. The van der Waals surface area contributed by atoms with Crippen molar-refractivity contribution in [2.45, 2.75) is 52.4 Å². The van der Waals surface area contributed by atoms with Crippen molar-refractivity contribution >= 4 is 5.91 Å². The van der Waals surface area contributed by atoms with Crippen molar-refractivity contribution in [2.24, 2.45) is 5.92 Å². The molecule has 1 unspecified atom stereocenters. The van der Waals surface area contributed by atoms with Crippen molar-refractivity contribution in [1.29, 1.82) is 0 Å². The average Bonchev–Trinajstić information content (AvgIpc) is 2.20. The predicted molar refractivity (Wildman–Crippen MR) is 64.4 cm³/mol. The number of hydrogen-bond donors (Lipinski definition) is 1. The van der Waals surface area contributed by atoms with Crippen LogP contribution in [-0.4, -0.2) is 12.5 Å². The minimum absolute atomic E-state index is 0.0692. The summed E-state index contributed by atoms with van der Waals surface area (Å²) in [5.41, 5.74) is 0. The summed E-state index contributed by atoms with van der Waals surface area (Å²) in [6.07, 6.45) is 11.9. The van der Waals surface area contributed by atoms with E-state index in [9.17, 15) is 4.79 Å². The summed E-state index contributed by atoms with van der Waals surface area (Å²) in [5, 5.41) is 2.89. The van der Waals surface area contributed by atoms with Crippen molar-refractivity contribution < 1.29 is 4.79 Å². The van der Waals surface area contributed by atoms with Crippen molar-refractivity contribution in [3.05, 3.63) is 0 Å². The molecule has 0 aromatic rings. The van der Waals surface area contributed by atoms with E-state index in [-0.39, 0.29) is 5.91 Å². The van der Waals surface area contributed by atoms with Crippen molar-refractivity contribution in [3.8, 4) is 12.3 Å². The van der Waals surface area contributed by atoms with Gasteiger partial charge in [-0.3, -0.25) is 4.79 Å². The molecule has 0 fully saturated rings. The van der Waals surface area contributed by atoms with E-state index < -0.39 is 0 Å². The Kier molecular flexibility index (Phi) is 8.96. The molecule has 0 aliphatic rings. The first kappa shape index (κ1) is 14.0. The lowest BCUT2D eigenvalue weighted by atomic mass is 9.96. The van der Waals surface area contributed by atoms with Crippen LogP contribution in [-0.2, 0) is 4.79 Å². The second kappa shape index (κ2) is 9.58. The molecule has 0 aromatic heterocycles. The normalized spacial score (nSPS) is 11.8. The van der Waals surface area contributed by atoms with Crippen molar-refractivity contribution in [3.63, 3.8) is 0 Å². The topological polar surface area (TPSA) is 29.1 Å². The summed E-state index contributed by atoms with van der Waals surface area (Å²) < 4.78 is 0. The Bertz CT molecular complexity index is 205. The SMILES string of the molecule is C#CCCCCC(CCC)CNC(C)=O. The number of carbonyl (C=O) groups is 1. The largest absolute Gasteiger partial charge is 0.356 e. The number of hydrogen-bond acceptors (Lipinski definition) is 1. The zero-order chi connectivity index (χ0) is 11.5. The van der Waals surface area contributed by atoms with Crippen LogP contribution in [0.1, 0.15) is 52.4 Å². The summed E-state index contributed by atoms with van der Waals surface area (Å²) in [7, 11) is 0. The van der Waals surface area contributed by atoms with Gasteiger partial charge in [0.1, 0.15) is 0 Å². The Balaban J connectivity index is 3.63. The number of unbranched alkanes of at least 4 members (excludes halogenated alkanes) is 2. The van der Waals surface area contributed by atoms with E-state index in [1.54, 1.807) is 6.92 Å². The molecule has 0 radical (unpaired) electrons. The lowest BCUT2D eigenvalue weighted by molar-refractivity contribution is -0.119. The van der Waals surface area contributed by atoms with E-state index in [0.29, 0.717) is 5.92 Å². The van der Waals surface area contributed by atoms with Crippen LogP contribution in [0.5, 0.6) is 0 Å². The van der Waals surface area contributed by atoms with Crippen LogP contribution >= 0.6 is 0 Å². The molecule has 2 nitrogen and oxygen atoms in total. The van der Waals surface area contributed by atoms with Crippen LogP contribution < -0.4 is 5.32 Å². The van der Waals surface area contributed by atoms with Gasteiger partial charge in [-0.15, -0.1) is 12.3 Å². The molecule has 0 bridgehead atoms. The van der Waals surface area contributed by atoms with Crippen LogP contribution in [0.3, 0.4) is 0 Å². The average molecular weight is 209 g/mol. The Labute approximate surface area is 93.8 Å². The van der Waals surface area contributed by atoms with E-state index in [4.69, 9.17) is 6.42 Å². The number of rotatable bonds is 8. The van der Waals surface area contributed by atoms with Gasteiger partial charge in [0.25, 0.3) is 0 Å². The molecule has 0 aromatic carbocycles. The summed E-state index contributed by atoms with van der Waals surface area (Å²) in [5.74, 6) is 3.35. The molecule has 0 aliphatic heterocycles. The zero-order valence-corrected chi connectivity index (χ0v) is 10.0. The minimum Gasteiger partial charge on any atom is -0.356 e. The Morgan fingerprint density at radius 1 is 1.40 bits per heavy atom. The van der Waals surface area contributed by atoms with E-state index in [0.717, 1.165) is 19.4 Å². The Hall–Kier alpha value is -0.970. The second-order valence-corrected chi connectivity index (χ2v) is 4.04. The molecule has 0 heterocycles. The molecule has 2 heteroatoms. The van der Waals surface area contributed by atoms with Gasteiger partial charge in [-0.2, -0.15) is 0 Å². The first-order chi connectivity index (χ1) is 7.20. The molecule has 0 saturated carbocycles. The molecule has 0 rings (SSSR count). The maximum absolute atomic E-state index is 10.8. The maximum atomic E-state index is 10.8. The minimum atomic E-state index is 0.0692. The first-order valence-electron chi connectivity index (χ1n) is 5.88. The smallest absolute Gasteiger partial charge is 0.216 e. The van der Waals surface area contributed by atoms with Gasteiger partial charge in [0.15, 0.2) is 0 Å². The standard InChI is InChI=1S/C13H23NO/c1-4-6-7-8-10-13(9-5-2)11-14-12(3)15/h1,13H,5-11H2,2-3H3,(H,14,15). The highest BCUT2D eigenvalue weighted by Crippen LogP contribution is 2.14.